The summed E-state index contributed by atoms with van der Waals surface area (Å²) in [5.41, 5.74) is 0.673. The molecular formula is C25H24FN5O3. The molecule has 34 heavy (non-hydrogen) atoms. The van der Waals surface area contributed by atoms with Gasteiger partial charge in [-0.1, -0.05) is 24.3 Å². The number of anilines is 1. The molecule has 2 aromatic heterocycles. The summed E-state index contributed by atoms with van der Waals surface area (Å²) in [5.74, 6) is 0.000508. The quantitative estimate of drug-likeness (QED) is 0.417. The minimum atomic E-state index is -0.608. The lowest BCUT2D eigenvalue weighted by atomic mass is 10.0. The van der Waals surface area contributed by atoms with E-state index < -0.39 is 5.82 Å². The highest BCUT2D eigenvalue weighted by Crippen LogP contribution is 2.37. The Morgan fingerprint density at radius 1 is 1.09 bits per heavy atom. The monoisotopic (exact) mass is 461 g/mol. The molecule has 0 amide bonds. The molecule has 2 fully saturated rings. The zero-order valence-corrected chi connectivity index (χ0v) is 18.4. The summed E-state index contributed by atoms with van der Waals surface area (Å²) >= 11 is 0. The van der Waals surface area contributed by atoms with Crippen molar-refractivity contribution < 1.29 is 19.3 Å². The number of halogens is 1. The first-order valence-electron chi connectivity index (χ1n) is 11.4. The van der Waals surface area contributed by atoms with Gasteiger partial charge >= 0.3 is 6.01 Å². The second-order valence-electron chi connectivity index (χ2n) is 8.84. The van der Waals surface area contributed by atoms with Gasteiger partial charge in [-0.15, -0.1) is 0 Å². The molecule has 2 aliphatic heterocycles. The molecule has 174 valence electrons. The second kappa shape index (κ2) is 8.34. The van der Waals surface area contributed by atoms with Gasteiger partial charge in [0.1, 0.15) is 29.4 Å². The van der Waals surface area contributed by atoms with Gasteiger partial charge in [-0.2, -0.15) is 9.97 Å². The van der Waals surface area contributed by atoms with Crippen LogP contribution in [0.2, 0.25) is 0 Å². The Morgan fingerprint density at radius 2 is 1.88 bits per heavy atom. The van der Waals surface area contributed by atoms with Gasteiger partial charge in [-0.25, -0.2) is 4.39 Å². The van der Waals surface area contributed by atoms with Crippen LogP contribution in [0.5, 0.6) is 11.8 Å². The molecule has 3 N–H and O–H groups in total. The van der Waals surface area contributed by atoms with Gasteiger partial charge in [-0.05, 0) is 35.7 Å². The fourth-order valence-corrected chi connectivity index (χ4v) is 5.11. The van der Waals surface area contributed by atoms with Crippen LogP contribution in [0.15, 0.2) is 42.6 Å². The van der Waals surface area contributed by atoms with Crippen LogP contribution in [0.3, 0.4) is 0 Å². The Kier molecular flexibility index (Phi) is 5.15. The van der Waals surface area contributed by atoms with E-state index in [9.17, 15) is 10.2 Å². The maximum atomic E-state index is 16.1. The molecule has 0 aliphatic carbocycles. The minimum Gasteiger partial charge on any atom is -0.508 e. The SMILES string of the molecule is OCCOc1nc(N2C[C@H]3CC[C@@H](C2)N3)c2cnc(-c3cc(O)cc4ccccc34)c(F)c2n1. The number of aliphatic hydroxyl groups excluding tert-OH is 1. The number of rotatable bonds is 5. The molecular weight excluding hydrogens is 437 g/mol. The molecule has 4 heterocycles. The lowest BCUT2D eigenvalue weighted by Crippen LogP contribution is -2.51. The molecule has 2 saturated heterocycles. The van der Waals surface area contributed by atoms with E-state index >= 15 is 4.39 Å². The smallest absolute Gasteiger partial charge is 0.319 e. The van der Waals surface area contributed by atoms with E-state index in [4.69, 9.17) is 4.74 Å². The summed E-state index contributed by atoms with van der Waals surface area (Å²) in [7, 11) is 0. The maximum absolute atomic E-state index is 16.1. The van der Waals surface area contributed by atoms with E-state index in [1.54, 1.807) is 12.3 Å². The van der Waals surface area contributed by atoms with Crippen LogP contribution in [0.1, 0.15) is 12.8 Å². The first-order chi connectivity index (χ1) is 16.6. The normalized spacial score (nSPS) is 19.8. The lowest BCUT2D eigenvalue weighted by molar-refractivity contribution is 0.192. The summed E-state index contributed by atoms with van der Waals surface area (Å²) in [4.78, 5) is 15.5. The van der Waals surface area contributed by atoms with E-state index in [0.29, 0.717) is 28.9 Å². The van der Waals surface area contributed by atoms with E-state index in [2.05, 4.69) is 25.2 Å². The average molecular weight is 461 g/mol. The van der Waals surface area contributed by atoms with Crippen molar-refractivity contribution in [3.8, 4) is 23.0 Å². The topological polar surface area (TPSA) is 104 Å². The predicted molar refractivity (Wildman–Crippen MR) is 127 cm³/mol. The molecule has 2 aromatic carbocycles. The minimum absolute atomic E-state index is 0.00844. The summed E-state index contributed by atoms with van der Waals surface area (Å²) < 4.78 is 21.6. The third-order valence-corrected chi connectivity index (χ3v) is 6.58. The molecule has 0 unspecified atom stereocenters. The van der Waals surface area contributed by atoms with Gasteiger partial charge in [-0.3, -0.25) is 4.98 Å². The molecule has 0 saturated carbocycles. The van der Waals surface area contributed by atoms with E-state index in [0.717, 1.165) is 36.7 Å². The van der Waals surface area contributed by atoms with Crippen molar-refractivity contribution in [3.05, 3.63) is 48.4 Å². The van der Waals surface area contributed by atoms with Gasteiger partial charge in [0, 0.05) is 36.9 Å². The number of pyridine rings is 1. The predicted octanol–water partition coefficient (Wildman–Crippen LogP) is 3.00. The van der Waals surface area contributed by atoms with Crippen LogP contribution < -0.4 is 15.0 Å². The van der Waals surface area contributed by atoms with Gasteiger partial charge in [0.25, 0.3) is 0 Å². The molecule has 2 bridgehead atoms. The van der Waals surface area contributed by atoms with E-state index in [-0.39, 0.29) is 36.2 Å². The number of nitrogens with one attached hydrogen (secondary N) is 1. The Bertz CT molecular complexity index is 1390. The fraction of sp³-hybridized carbons (Fsp3) is 0.320. The number of aliphatic hydroxyl groups is 1. The fourth-order valence-electron chi connectivity index (χ4n) is 5.11. The number of nitrogens with zero attached hydrogens (tertiary/aromatic N) is 4. The molecule has 8 nitrogen and oxygen atoms in total. The molecule has 2 aliphatic rings. The molecule has 0 spiro atoms. The first kappa shape index (κ1) is 21.0. The molecule has 6 rings (SSSR count). The molecule has 9 heteroatoms. The van der Waals surface area contributed by atoms with Crippen LogP contribution in [-0.4, -0.2) is 63.6 Å². The van der Waals surface area contributed by atoms with Gasteiger partial charge in [0.15, 0.2) is 5.82 Å². The average Bonchev–Trinajstić information content (AvgIpc) is 3.19. The highest BCUT2D eigenvalue weighted by Gasteiger charge is 2.34. The summed E-state index contributed by atoms with van der Waals surface area (Å²) in [5, 5.41) is 25.1. The number of piperazine rings is 1. The number of phenols is 1. The van der Waals surface area contributed by atoms with Crippen molar-refractivity contribution in [1.29, 1.82) is 0 Å². The lowest BCUT2D eigenvalue weighted by Gasteiger charge is -2.34. The number of benzene rings is 2. The third kappa shape index (κ3) is 3.57. The largest absolute Gasteiger partial charge is 0.508 e. The molecule has 4 aromatic rings. The zero-order chi connectivity index (χ0) is 23.2. The van der Waals surface area contributed by atoms with Crippen molar-refractivity contribution in [2.75, 3.05) is 31.2 Å². The van der Waals surface area contributed by atoms with Gasteiger partial charge in [0.05, 0.1) is 12.0 Å². The Balaban J connectivity index is 1.54. The highest BCUT2D eigenvalue weighted by molar-refractivity contribution is 5.99. The van der Waals surface area contributed by atoms with Crippen molar-refractivity contribution in [1.82, 2.24) is 20.3 Å². The number of fused-ring (bicyclic) bond motifs is 4. The third-order valence-electron chi connectivity index (χ3n) is 6.58. The first-order valence-corrected chi connectivity index (χ1v) is 11.4. The van der Waals surface area contributed by atoms with E-state index in [1.165, 1.54) is 6.07 Å². The van der Waals surface area contributed by atoms with Crippen LogP contribution in [0.4, 0.5) is 10.2 Å². The van der Waals surface area contributed by atoms with Crippen molar-refractivity contribution in [2.24, 2.45) is 0 Å². The number of hydrogen-bond acceptors (Lipinski definition) is 8. The second-order valence-corrected chi connectivity index (χ2v) is 8.84. The van der Waals surface area contributed by atoms with Gasteiger partial charge < -0.3 is 25.2 Å². The number of aromatic nitrogens is 3. The Labute approximate surface area is 195 Å². The van der Waals surface area contributed by atoms with Crippen LogP contribution in [0, 0.1) is 5.82 Å². The van der Waals surface area contributed by atoms with Crippen LogP contribution in [-0.2, 0) is 0 Å². The van der Waals surface area contributed by atoms with Crippen molar-refractivity contribution in [2.45, 2.75) is 24.9 Å². The number of aromatic hydroxyl groups is 1. The zero-order valence-electron chi connectivity index (χ0n) is 18.4. The number of hydrogen-bond donors (Lipinski definition) is 3. The van der Waals surface area contributed by atoms with Gasteiger partial charge in [0.2, 0.25) is 0 Å². The summed E-state index contributed by atoms with van der Waals surface area (Å²) in [6.07, 6.45) is 3.79. The summed E-state index contributed by atoms with van der Waals surface area (Å²) in [6.45, 7) is 1.31. The Morgan fingerprint density at radius 3 is 2.68 bits per heavy atom. The van der Waals surface area contributed by atoms with E-state index in [1.807, 2.05) is 24.3 Å². The standard InChI is InChI=1S/C25H24FN5O3/c26-21-22(19-10-17(33)9-14-3-1-2-4-18(14)19)27-11-20-23(21)29-25(34-8-7-32)30-24(20)31-12-15-5-6-16(13-31)28-15/h1-4,9-11,15-16,28,32-33H,5-8,12-13H2/t15-,16+. The number of phenolic OH excluding ortho intramolecular Hbond substituents is 1. The molecule has 2 atom stereocenters. The van der Waals surface area contributed by atoms with Crippen molar-refractivity contribution in [3.63, 3.8) is 0 Å². The Hall–Kier alpha value is -3.56. The highest BCUT2D eigenvalue weighted by atomic mass is 19.1. The number of ether oxygens (including phenoxy) is 1. The molecule has 0 radical (unpaired) electrons. The maximum Gasteiger partial charge on any atom is 0.319 e. The van der Waals surface area contributed by atoms with Crippen LogP contribution in [0.25, 0.3) is 32.9 Å². The van der Waals surface area contributed by atoms with Crippen molar-refractivity contribution >= 4 is 27.5 Å². The van der Waals surface area contributed by atoms with Crippen LogP contribution >= 0.6 is 0 Å². The summed E-state index contributed by atoms with van der Waals surface area (Å²) in [6, 6.07) is 11.3.